The molecule has 0 amide bonds. The molecule has 0 spiro atoms. The molecule has 0 fully saturated rings. The Morgan fingerprint density at radius 1 is 1.31 bits per heavy atom. The molecule has 2 aromatic rings. The lowest BCUT2D eigenvalue weighted by Gasteiger charge is -2.05. The summed E-state index contributed by atoms with van der Waals surface area (Å²) in [5.41, 5.74) is 2.09. The molecule has 0 saturated heterocycles. The summed E-state index contributed by atoms with van der Waals surface area (Å²) in [6.45, 7) is 0.256. The molecule has 86 valence electrons. The van der Waals surface area contributed by atoms with Crippen LogP contribution in [0.1, 0.15) is 5.56 Å². The van der Waals surface area contributed by atoms with Gasteiger partial charge < -0.3 is 14.8 Å². The summed E-state index contributed by atoms with van der Waals surface area (Å²) in [5.74, 6) is 0. The van der Waals surface area contributed by atoms with Gasteiger partial charge in [-0.2, -0.15) is 0 Å². The van der Waals surface area contributed by atoms with Gasteiger partial charge in [-0.05, 0) is 18.1 Å². The second-order valence-corrected chi connectivity index (χ2v) is 4.97. The van der Waals surface area contributed by atoms with Crippen molar-refractivity contribution in [3.05, 3.63) is 36.0 Å². The first-order valence-electron chi connectivity index (χ1n) is 4.92. The highest BCUT2D eigenvalue weighted by atomic mass is 31.2. The highest BCUT2D eigenvalue weighted by molar-refractivity contribution is 7.49. The van der Waals surface area contributed by atoms with Crippen molar-refractivity contribution in [3.63, 3.8) is 0 Å². The molecular formula is C10H13N2O3P. The van der Waals surface area contributed by atoms with Gasteiger partial charge in [0.2, 0.25) is 0 Å². The van der Waals surface area contributed by atoms with Crippen LogP contribution in [0.3, 0.4) is 0 Å². The van der Waals surface area contributed by atoms with E-state index >= 15 is 0 Å². The maximum Gasteiger partial charge on any atom is 0.400 e. The van der Waals surface area contributed by atoms with Crippen molar-refractivity contribution in [2.45, 2.75) is 6.42 Å². The van der Waals surface area contributed by atoms with Gasteiger partial charge in [0, 0.05) is 23.6 Å². The fourth-order valence-corrected chi connectivity index (χ4v) is 2.08. The molecule has 0 aliphatic carbocycles. The number of hydrogen-bond donors (Lipinski definition) is 4. The van der Waals surface area contributed by atoms with Crippen LogP contribution >= 0.6 is 7.75 Å². The summed E-state index contributed by atoms with van der Waals surface area (Å²) in [6.07, 6.45) is 2.45. The Kier molecular flexibility index (Phi) is 3.12. The van der Waals surface area contributed by atoms with Crippen molar-refractivity contribution in [2.75, 3.05) is 6.54 Å². The van der Waals surface area contributed by atoms with E-state index in [1.807, 2.05) is 30.5 Å². The summed E-state index contributed by atoms with van der Waals surface area (Å²) in [7, 11) is -4.10. The predicted molar refractivity (Wildman–Crippen MR) is 62.0 cm³/mol. The molecule has 16 heavy (non-hydrogen) atoms. The van der Waals surface area contributed by atoms with Crippen molar-refractivity contribution in [1.82, 2.24) is 10.1 Å². The lowest BCUT2D eigenvalue weighted by molar-refractivity contribution is 0.358. The second-order valence-electron chi connectivity index (χ2n) is 3.56. The third-order valence-corrected chi connectivity index (χ3v) is 3.02. The number of H-pyrrole nitrogens is 1. The van der Waals surface area contributed by atoms with Crippen molar-refractivity contribution < 1.29 is 14.4 Å². The van der Waals surface area contributed by atoms with Crippen LogP contribution in [-0.2, 0) is 11.0 Å². The molecule has 0 unspecified atom stereocenters. The molecule has 0 saturated carbocycles. The normalized spacial score (nSPS) is 12.1. The number of rotatable bonds is 4. The first kappa shape index (κ1) is 11.4. The molecule has 1 heterocycles. The quantitative estimate of drug-likeness (QED) is 0.608. The zero-order chi connectivity index (χ0) is 11.6. The van der Waals surface area contributed by atoms with Gasteiger partial charge in [0.05, 0.1) is 0 Å². The Hall–Kier alpha value is -1.13. The van der Waals surface area contributed by atoms with Crippen LogP contribution in [0.15, 0.2) is 30.5 Å². The Bertz CT molecular complexity index is 532. The van der Waals surface area contributed by atoms with E-state index in [9.17, 15) is 4.57 Å². The summed E-state index contributed by atoms with van der Waals surface area (Å²) in [4.78, 5) is 20.4. The fraction of sp³-hybridized carbons (Fsp3) is 0.200. The fourth-order valence-electron chi connectivity index (χ4n) is 1.67. The van der Waals surface area contributed by atoms with Crippen molar-refractivity contribution >= 4 is 18.6 Å². The number of fused-ring (bicyclic) bond motifs is 1. The lowest BCUT2D eigenvalue weighted by atomic mass is 10.1. The molecule has 0 atom stereocenters. The van der Waals surface area contributed by atoms with E-state index in [1.165, 1.54) is 0 Å². The highest BCUT2D eigenvalue weighted by Gasteiger charge is 2.11. The summed E-state index contributed by atoms with van der Waals surface area (Å²) < 4.78 is 10.6. The van der Waals surface area contributed by atoms with Crippen LogP contribution in [0.5, 0.6) is 0 Å². The molecule has 0 aliphatic rings. The molecule has 1 aromatic heterocycles. The maximum atomic E-state index is 10.6. The topological polar surface area (TPSA) is 85.3 Å². The van der Waals surface area contributed by atoms with Gasteiger partial charge in [-0.1, -0.05) is 18.2 Å². The summed E-state index contributed by atoms with van der Waals surface area (Å²) in [5, 5.41) is 3.27. The molecule has 6 heteroatoms. The third-order valence-electron chi connectivity index (χ3n) is 2.39. The van der Waals surface area contributed by atoms with Crippen LogP contribution in [0.25, 0.3) is 10.9 Å². The Labute approximate surface area is 92.7 Å². The van der Waals surface area contributed by atoms with E-state index in [0.717, 1.165) is 16.5 Å². The number of benzene rings is 1. The van der Waals surface area contributed by atoms with Gasteiger partial charge in [-0.25, -0.2) is 9.65 Å². The lowest BCUT2D eigenvalue weighted by Crippen LogP contribution is -2.13. The van der Waals surface area contributed by atoms with Crippen LogP contribution in [0.4, 0.5) is 0 Å². The Balaban J connectivity index is 2.08. The van der Waals surface area contributed by atoms with Gasteiger partial charge in [0.15, 0.2) is 0 Å². The Morgan fingerprint density at radius 2 is 2.06 bits per heavy atom. The van der Waals surface area contributed by atoms with Crippen molar-refractivity contribution in [3.8, 4) is 0 Å². The monoisotopic (exact) mass is 240 g/mol. The first-order valence-corrected chi connectivity index (χ1v) is 6.53. The molecular weight excluding hydrogens is 227 g/mol. The van der Waals surface area contributed by atoms with E-state index in [-0.39, 0.29) is 6.54 Å². The third kappa shape index (κ3) is 2.71. The molecule has 1 aromatic carbocycles. The number of aromatic amines is 1. The number of para-hydroxylation sites is 1. The average Bonchev–Trinajstić information content (AvgIpc) is 2.60. The largest absolute Gasteiger partial charge is 0.400 e. The van der Waals surface area contributed by atoms with Crippen LogP contribution in [0, 0.1) is 0 Å². The Morgan fingerprint density at radius 3 is 2.81 bits per heavy atom. The van der Waals surface area contributed by atoms with Crippen LogP contribution in [0.2, 0.25) is 0 Å². The minimum absolute atomic E-state index is 0.256. The molecule has 0 bridgehead atoms. The molecule has 0 aliphatic heterocycles. The van der Waals surface area contributed by atoms with E-state index < -0.39 is 7.75 Å². The molecule has 4 N–H and O–H groups in total. The van der Waals surface area contributed by atoms with Gasteiger partial charge in [0.25, 0.3) is 0 Å². The molecule has 0 radical (unpaired) electrons. The van der Waals surface area contributed by atoms with E-state index in [2.05, 4.69) is 10.1 Å². The smallest absolute Gasteiger partial charge is 0.361 e. The first-order chi connectivity index (χ1) is 7.56. The standard InChI is InChI=1S/C10H13N2O3P/c13-16(14,15)12-6-5-8-7-11-10-4-2-1-3-9(8)10/h1-4,7,11H,5-6H2,(H3,12,13,14,15). The minimum atomic E-state index is -4.10. The molecule has 2 rings (SSSR count). The van der Waals surface area contributed by atoms with Gasteiger partial charge >= 0.3 is 7.75 Å². The van der Waals surface area contributed by atoms with Crippen molar-refractivity contribution in [1.29, 1.82) is 0 Å². The van der Waals surface area contributed by atoms with Crippen LogP contribution in [-0.4, -0.2) is 21.3 Å². The van der Waals surface area contributed by atoms with E-state index in [1.54, 1.807) is 0 Å². The van der Waals surface area contributed by atoms with E-state index in [0.29, 0.717) is 6.42 Å². The zero-order valence-electron chi connectivity index (χ0n) is 8.55. The van der Waals surface area contributed by atoms with Crippen LogP contribution < -0.4 is 5.09 Å². The van der Waals surface area contributed by atoms with Crippen molar-refractivity contribution in [2.24, 2.45) is 0 Å². The maximum absolute atomic E-state index is 10.6. The van der Waals surface area contributed by atoms with Gasteiger partial charge in [-0.15, -0.1) is 0 Å². The summed E-state index contributed by atoms with van der Waals surface area (Å²) >= 11 is 0. The SMILES string of the molecule is O=P(O)(O)NCCc1c[nH]c2ccccc12. The highest BCUT2D eigenvalue weighted by Crippen LogP contribution is 2.28. The number of nitrogens with one attached hydrogen (secondary N) is 2. The summed E-state index contributed by atoms with van der Waals surface area (Å²) in [6, 6.07) is 7.83. The predicted octanol–water partition coefficient (Wildman–Crippen LogP) is 1.39. The van der Waals surface area contributed by atoms with Gasteiger partial charge in [-0.3, -0.25) is 0 Å². The number of aromatic nitrogens is 1. The minimum Gasteiger partial charge on any atom is -0.361 e. The molecule has 5 nitrogen and oxygen atoms in total. The average molecular weight is 240 g/mol. The van der Waals surface area contributed by atoms with E-state index in [4.69, 9.17) is 9.79 Å². The second kappa shape index (κ2) is 4.39. The van der Waals surface area contributed by atoms with Gasteiger partial charge in [0.1, 0.15) is 0 Å². The zero-order valence-corrected chi connectivity index (χ0v) is 9.45. The number of hydrogen-bond acceptors (Lipinski definition) is 1.